The number of hydrogen-bond acceptors (Lipinski definition) is 10. The molecule has 1 aliphatic carbocycles. The topological polar surface area (TPSA) is 94.6 Å². The molecule has 5 rings (SSSR count). The van der Waals surface area contributed by atoms with Gasteiger partial charge in [0.2, 0.25) is 5.75 Å². The number of pyridine rings is 1. The van der Waals surface area contributed by atoms with Gasteiger partial charge < -0.3 is 38.7 Å². The first kappa shape index (κ1) is 37.7. The van der Waals surface area contributed by atoms with Crippen molar-refractivity contribution >= 4 is 6.29 Å². The second-order valence-corrected chi connectivity index (χ2v) is 13.7. The highest BCUT2D eigenvalue weighted by molar-refractivity contribution is 5.67. The van der Waals surface area contributed by atoms with Crippen molar-refractivity contribution in [2.75, 3.05) is 62.2 Å². The van der Waals surface area contributed by atoms with Gasteiger partial charge in [0, 0.05) is 43.5 Å². The number of benzene rings is 2. The second-order valence-electron chi connectivity index (χ2n) is 13.7. The van der Waals surface area contributed by atoms with E-state index in [0.717, 1.165) is 72.7 Å². The number of hydrogen-bond donors (Lipinski definition) is 1. The minimum atomic E-state index is -0.218. The molecule has 2 heterocycles. The lowest BCUT2D eigenvalue weighted by molar-refractivity contribution is -0.113. The normalized spacial score (nSPS) is 16.4. The summed E-state index contributed by atoms with van der Waals surface area (Å²) in [6.07, 6.45) is 12.8. The van der Waals surface area contributed by atoms with Crippen LogP contribution in [0.3, 0.4) is 0 Å². The van der Waals surface area contributed by atoms with Crippen LogP contribution >= 0.6 is 0 Å². The fourth-order valence-corrected chi connectivity index (χ4v) is 6.97. The molecule has 0 amide bonds. The molecule has 3 aromatic rings. The zero-order valence-electron chi connectivity index (χ0n) is 31.4. The largest absolute Gasteiger partial charge is 0.493 e. The van der Waals surface area contributed by atoms with Gasteiger partial charge in [-0.25, -0.2) is 0 Å². The molecule has 2 aromatic carbocycles. The minimum Gasteiger partial charge on any atom is -0.493 e. The van der Waals surface area contributed by atoms with Crippen molar-refractivity contribution in [3.05, 3.63) is 83.2 Å². The molecule has 0 radical (unpaired) electrons. The van der Waals surface area contributed by atoms with E-state index >= 15 is 0 Å². The minimum absolute atomic E-state index is 0.103. The monoisotopic (exact) mass is 698 g/mol. The Morgan fingerprint density at radius 2 is 1.57 bits per heavy atom. The molecule has 1 fully saturated rings. The highest BCUT2D eigenvalue weighted by Gasteiger charge is 2.27. The van der Waals surface area contributed by atoms with E-state index < -0.39 is 0 Å². The highest BCUT2D eigenvalue weighted by atomic mass is 16.5. The number of rotatable bonds is 18. The molecule has 1 N–H and O–H groups in total. The predicted octanol–water partition coefficient (Wildman–Crippen LogP) is 6.80. The Balaban J connectivity index is 1.30. The number of aldehydes is 1. The summed E-state index contributed by atoms with van der Waals surface area (Å²) in [6, 6.07) is 12.1. The maximum Gasteiger partial charge on any atom is 0.203 e. The number of nitrogens with one attached hydrogen (secondary N) is 1. The molecule has 2 aliphatic rings. The molecule has 1 aromatic heterocycles. The summed E-state index contributed by atoms with van der Waals surface area (Å²) < 4.78 is 28.2. The molecule has 1 aliphatic heterocycles. The predicted molar refractivity (Wildman–Crippen MR) is 201 cm³/mol. The number of nitrogens with zero attached hydrogens (tertiary/aromatic N) is 3. The quantitative estimate of drug-likeness (QED) is 0.143. The number of carbonyl (C=O) groups is 1. The van der Waals surface area contributed by atoms with Gasteiger partial charge in [0.05, 0.1) is 53.3 Å². The maximum absolute atomic E-state index is 12.4. The summed E-state index contributed by atoms with van der Waals surface area (Å²) >= 11 is 0. The van der Waals surface area contributed by atoms with E-state index in [-0.39, 0.29) is 18.0 Å². The van der Waals surface area contributed by atoms with E-state index in [1.54, 1.807) is 35.5 Å². The molecule has 0 spiro atoms. The average Bonchev–Trinajstić information content (AvgIpc) is 3.12. The van der Waals surface area contributed by atoms with Crippen LogP contribution in [0.15, 0.2) is 66.5 Å². The summed E-state index contributed by atoms with van der Waals surface area (Å²) in [7, 11) is 10.4. The third-order valence-electron chi connectivity index (χ3n) is 10.0. The van der Waals surface area contributed by atoms with Crippen molar-refractivity contribution in [2.24, 2.45) is 5.92 Å². The third kappa shape index (κ3) is 8.86. The molecular weight excluding hydrogens is 644 g/mol. The molecule has 2 unspecified atom stereocenters. The van der Waals surface area contributed by atoms with Crippen molar-refractivity contribution in [2.45, 2.75) is 57.7 Å². The second kappa shape index (κ2) is 17.6. The SMILES string of the molecule is COc1cc(C2C=C(CN(CCN(C)Cc3ccnc(-c4cc(OC)c(OC)c(C5CCC5)c4)c3)C(C=O)C(C)C)C=CN2)cc(OC)c1OC. The zero-order valence-corrected chi connectivity index (χ0v) is 31.4. The molecule has 274 valence electrons. The summed E-state index contributed by atoms with van der Waals surface area (Å²) in [4.78, 5) is 21.8. The van der Waals surface area contributed by atoms with Gasteiger partial charge in [-0.05, 0) is 97.1 Å². The van der Waals surface area contributed by atoms with E-state index in [4.69, 9.17) is 28.7 Å². The fraction of sp³-hybridized carbons (Fsp3) is 0.463. The van der Waals surface area contributed by atoms with Gasteiger partial charge in [-0.15, -0.1) is 0 Å². The van der Waals surface area contributed by atoms with E-state index in [1.807, 2.05) is 30.6 Å². The Kier molecular flexibility index (Phi) is 13.0. The first-order chi connectivity index (χ1) is 24.7. The summed E-state index contributed by atoms with van der Waals surface area (Å²) in [5, 5.41) is 3.44. The Bertz CT molecular complexity index is 1680. The lowest BCUT2D eigenvalue weighted by Gasteiger charge is -2.33. The van der Waals surface area contributed by atoms with Crippen molar-refractivity contribution in [3.8, 4) is 40.0 Å². The molecule has 10 heteroatoms. The fourth-order valence-electron chi connectivity index (χ4n) is 6.97. The summed E-state index contributed by atoms with van der Waals surface area (Å²) in [6.45, 7) is 7.09. The Morgan fingerprint density at radius 1 is 0.882 bits per heavy atom. The molecule has 1 saturated carbocycles. The van der Waals surface area contributed by atoms with Crippen LogP contribution in [0.25, 0.3) is 11.3 Å². The van der Waals surface area contributed by atoms with E-state index in [9.17, 15) is 4.79 Å². The number of likely N-dealkylation sites (N-methyl/N-ethyl adjacent to an activating group) is 1. The Labute approximate surface area is 303 Å². The zero-order chi connectivity index (χ0) is 36.5. The van der Waals surface area contributed by atoms with Crippen LogP contribution in [0.2, 0.25) is 0 Å². The molecule has 0 bridgehead atoms. The van der Waals surface area contributed by atoms with Crippen LogP contribution in [0.5, 0.6) is 28.7 Å². The Hall–Kier alpha value is -4.54. The number of ether oxygens (including phenoxy) is 5. The van der Waals surface area contributed by atoms with Crippen molar-refractivity contribution in [1.82, 2.24) is 20.1 Å². The van der Waals surface area contributed by atoms with Gasteiger partial charge in [0.1, 0.15) is 6.29 Å². The molecular formula is C41H54N4O6. The third-order valence-corrected chi connectivity index (χ3v) is 10.0. The average molecular weight is 699 g/mol. The molecule has 51 heavy (non-hydrogen) atoms. The number of methoxy groups -OCH3 is 5. The van der Waals surface area contributed by atoms with Gasteiger partial charge in [-0.2, -0.15) is 0 Å². The van der Waals surface area contributed by atoms with Crippen LogP contribution in [-0.2, 0) is 11.3 Å². The standard InChI is InChI=1S/C41H54N4O6/c1-27(2)36(26-46)45(25-29-13-15-43-35(19-29)32-22-38(48-5)41(51-8)39(23-32)49-6)17-16-44(3)24-28-12-14-42-34(18-28)31-20-33(30-10-9-11-30)40(50-7)37(21-31)47-4/h12-15,18-23,26-27,30,35-36,43H,9-11,16-17,24-25H2,1-8H3. The molecule has 0 saturated heterocycles. The van der Waals surface area contributed by atoms with Gasteiger partial charge in [0.25, 0.3) is 0 Å². The van der Waals surface area contributed by atoms with E-state index in [2.05, 4.69) is 66.4 Å². The van der Waals surface area contributed by atoms with Crippen LogP contribution in [0, 0.1) is 5.92 Å². The van der Waals surface area contributed by atoms with E-state index in [1.165, 1.54) is 17.5 Å². The Morgan fingerprint density at radius 3 is 2.16 bits per heavy atom. The van der Waals surface area contributed by atoms with Gasteiger partial charge in [-0.1, -0.05) is 26.3 Å². The van der Waals surface area contributed by atoms with Crippen molar-refractivity contribution in [1.29, 1.82) is 0 Å². The number of dihydropyridines is 1. The maximum atomic E-state index is 12.4. The van der Waals surface area contributed by atoms with Crippen molar-refractivity contribution < 1.29 is 28.5 Å². The van der Waals surface area contributed by atoms with Crippen LogP contribution in [0.1, 0.15) is 61.8 Å². The van der Waals surface area contributed by atoms with Crippen LogP contribution < -0.4 is 29.0 Å². The lowest BCUT2D eigenvalue weighted by atomic mass is 9.79. The smallest absolute Gasteiger partial charge is 0.203 e. The first-order valence-electron chi connectivity index (χ1n) is 17.8. The van der Waals surface area contributed by atoms with E-state index in [0.29, 0.717) is 29.7 Å². The van der Waals surface area contributed by atoms with Gasteiger partial charge in [-0.3, -0.25) is 9.88 Å². The first-order valence-corrected chi connectivity index (χ1v) is 17.8. The number of carbonyl (C=O) groups excluding carboxylic acids is 1. The molecule has 10 nitrogen and oxygen atoms in total. The lowest BCUT2D eigenvalue weighted by Crippen LogP contribution is -2.45. The van der Waals surface area contributed by atoms with Gasteiger partial charge in [0.15, 0.2) is 23.0 Å². The van der Waals surface area contributed by atoms with Crippen LogP contribution in [-0.4, -0.2) is 89.3 Å². The highest BCUT2D eigenvalue weighted by Crippen LogP contribution is 2.46. The molecule has 2 atom stereocenters. The van der Waals surface area contributed by atoms with Gasteiger partial charge >= 0.3 is 0 Å². The van der Waals surface area contributed by atoms with Crippen molar-refractivity contribution in [3.63, 3.8) is 0 Å². The number of aromatic nitrogens is 1. The summed E-state index contributed by atoms with van der Waals surface area (Å²) in [5.74, 6) is 3.99. The summed E-state index contributed by atoms with van der Waals surface area (Å²) in [5.41, 5.74) is 6.42. The van der Waals surface area contributed by atoms with Crippen LogP contribution in [0.4, 0.5) is 0 Å².